The zero-order valence-electron chi connectivity index (χ0n) is 15.7. The minimum absolute atomic E-state index is 0.141. The molecular formula is C21H27N3OS. The van der Waals surface area contributed by atoms with Gasteiger partial charge in [-0.1, -0.05) is 37.0 Å². The van der Waals surface area contributed by atoms with Crippen LogP contribution in [-0.2, 0) is 16.3 Å². The third-order valence-corrected chi connectivity index (χ3v) is 6.56. The average molecular weight is 370 g/mol. The highest BCUT2D eigenvalue weighted by molar-refractivity contribution is 7.98. The first-order valence-electron chi connectivity index (χ1n) is 9.68. The number of carbonyl (C=O) groups excluding carboxylic acids is 1. The fraction of sp³-hybridized carbons (Fsp3) is 0.524. The van der Waals surface area contributed by atoms with Gasteiger partial charge in [0.1, 0.15) is 5.82 Å². The van der Waals surface area contributed by atoms with Crippen LogP contribution in [0, 0.1) is 19.8 Å². The molecule has 0 atom stereocenters. The van der Waals surface area contributed by atoms with Gasteiger partial charge in [-0.25, -0.2) is 4.68 Å². The van der Waals surface area contributed by atoms with Crippen molar-refractivity contribution in [3.8, 4) is 5.69 Å². The average Bonchev–Trinajstić information content (AvgIpc) is 3.19. The van der Waals surface area contributed by atoms with Crippen LogP contribution < -0.4 is 5.32 Å². The summed E-state index contributed by atoms with van der Waals surface area (Å²) in [7, 11) is 0. The van der Waals surface area contributed by atoms with Crippen LogP contribution in [0.15, 0.2) is 18.2 Å². The Morgan fingerprint density at radius 1 is 1.23 bits per heavy atom. The molecule has 2 aliphatic rings. The van der Waals surface area contributed by atoms with E-state index in [0.717, 1.165) is 28.7 Å². The van der Waals surface area contributed by atoms with Crippen molar-refractivity contribution in [2.45, 2.75) is 63.9 Å². The predicted molar refractivity (Wildman–Crippen MR) is 108 cm³/mol. The number of benzene rings is 1. The number of aromatic nitrogens is 2. The molecule has 0 spiro atoms. The zero-order valence-corrected chi connectivity index (χ0v) is 16.5. The van der Waals surface area contributed by atoms with Crippen LogP contribution in [0.3, 0.4) is 0 Å². The molecule has 1 aromatic heterocycles. The highest BCUT2D eigenvalue weighted by atomic mass is 32.2. The Morgan fingerprint density at radius 2 is 2.04 bits per heavy atom. The highest BCUT2D eigenvalue weighted by Gasteiger charge is 2.26. The SMILES string of the molecule is Cc1ccc(-n2nc3c(c2NC(=O)CC2CCCCC2)CSC3)c(C)c1. The molecule has 1 aromatic carbocycles. The molecule has 0 unspecified atom stereocenters. The summed E-state index contributed by atoms with van der Waals surface area (Å²) in [6, 6.07) is 6.39. The lowest BCUT2D eigenvalue weighted by Crippen LogP contribution is -2.20. The molecule has 2 aromatic rings. The maximum atomic E-state index is 12.7. The Balaban J connectivity index is 1.61. The molecule has 0 saturated heterocycles. The van der Waals surface area contributed by atoms with Crippen molar-refractivity contribution in [1.82, 2.24) is 9.78 Å². The van der Waals surface area contributed by atoms with Crippen molar-refractivity contribution < 1.29 is 4.79 Å². The van der Waals surface area contributed by atoms with E-state index in [1.807, 2.05) is 16.4 Å². The van der Waals surface area contributed by atoms with Gasteiger partial charge in [0.05, 0.1) is 11.4 Å². The Kier molecular flexibility index (Phi) is 5.07. The summed E-state index contributed by atoms with van der Waals surface area (Å²) in [5.41, 5.74) is 5.80. The van der Waals surface area contributed by atoms with E-state index < -0.39 is 0 Å². The molecule has 5 heteroatoms. The number of fused-ring (bicyclic) bond motifs is 1. The van der Waals surface area contributed by atoms with Crippen molar-refractivity contribution in [3.63, 3.8) is 0 Å². The van der Waals surface area contributed by atoms with Gasteiger partial charge in [0.2, 0.25) is 5.91 Å². The fourth-order valence-electron chi connectivity index (χ4n) is 4.20. The van der Waals surface area contributed by atoms with Gasteiger partial charge < -0.3 is 5.32 Å². The third kappa shape index (κ3) is 3.54. The lowest BCUT2D eigenvalue weighted by Gasteiger charge is -2.21. The van der Waals surface area contributed by atoms with Crippen LogP contribution in [-0.4, -0.2) is 15.7 Å². The van der Waals surface area contributed by atoms with E-state index in [1.165, 1.54) is 48.8 Å². The van der Waals surface area contributed by atoms with Gasteiger partial charge in [-0.2, -0.15) is 16.9 Å². The maximum absolute atomic E-state index is 12.7. The van der Waals surface area contributed by atoms with Gasteiger partial charge in [-0.15, -0.1) is 0 Å². The smallest absolute Gasteiger partial charge is 0.225 e. The molecule has 1 saturated carbocycles. The molecular weight excluding hydrogens is 342 g/mol. The fourth-order valence-corrected chi connectivity index (χ4v) is 5.23. The van der Waals surface area contributed by atoms with Crippen molar-refractivity contribution in [2.75, 3.05) is 5.32 Å². The number of hydrogen-bond donors (Lipinski definition) is 1. The first-order valence-corrected chi connectivity index (χ1v) is 10.8. The minimum atomic E-state index is 0.141. The van der Waals surface area contributed by atoms with E-state index in [1.54, 1.807) is 0 Å². The molecule has 26 heavy (non-hydrogen) atoms. The molecule has 2 heterocycles. The first kappa shape index (κ1) is 17.7. The summed E-state index contributed by atoms with van der Waals surface area (Å²) >= 11 is 1.87. The molecule has 4 rings (SSSR count). The van der Waals surface area contributed by atoms with E-state index in [2.05, 4.69) is 37.4 Å². The highest BCUT2D eigenvalue weighted by Crippen LogP contribution is 2.37. The van der Waals surface area contributed by atoms with Gasteiger partial charge in [0, 0.05) is 23.5 Å². The second kappa shape index (κ2) is 7.47. The molecule has 1 N–H and O–H groups in total. The van der Waals surface area contributed by atoms with E-state index in [-0.39, 0.29) is 5.91 Å². The Hall–Kier alpha value is -1.75. The minimum Gasteiger partial charge on any atom is -0.310 e. The number of aryl methyl sites for hydroxylation is 2. The molecule has 0 bridgehead atoms. The second-order valence-electron chi connectivity index (χ2n) is 7.72. The second-order valence-corrected chi connectivity index (χ2v) is 8.71. The van der Waals surface area contributed by atoms with E-state index in [9.17, 15) is 4.79 Å². The number of nitrogens with zero attached hydrogens (tertiary/aromatic N) is 2. The summed E-state index contributed by atoms with van der Waals surface area (Å²) < 4.78 is 1.96. The summed E-state index contributed by atoms with van der Waals surface area (Å²) in [5, 5.41) is 8.06. The molecule has 4 nitrogen and oxygen atoms in total. The largest absolute Gasteiger partial charge is 0.310 e. The third-order valence-electron chi connectivity index (χ3n) is 5.59. The van der Waals surface area contributed by atoms with Gasteiger partial charge in [0.15, 0.2) is 0 Å². The standard InChI is InChI=1S/C21H27N3OS/c1-14-8-9-19(15(2)10-14)24-21(17-12-26-13-18(17)23-24)22-20(25)11-16-6-4-3-5-7-16/h8-10,16H,3-7,11-13H2,1-2H3,(H,22,25). The summed E-state index contributed by atoms with van der Waals surface area (Å²) in [5.74, 6) is 3.43. The number of hydrogen-bond acceptors (Lipinski definition) is 3. The molecule has 1 amide bonds. The van der Waals surface area contributed by atoms with Crippen LogP contribution in [0.25, 0.3) is 5.69 Å². The number of rotatable bonds is 4. The summed E-state index contributed by atoms with van der Waals surface area (Å²) in [4.78, 5) is 12.7. The number of thioether (sulfide) groups is 1. The number of amides is 1. The Bertz CT molecular complexity index is 821. The Labute approximate surface area is 159 Å². The number of anilines is 1. The molecule has 1 fully saturated rings. The monoisotopic (exact) mass is 369 g/mol. The van der Waals surface area contributed by atoms with Gasteiger partial charge >= 0.3 is 0 Å². The quantitative estimate of drug-likeness (QED) is 0.811. The molecule has 1 aliphatic carbocycles. The van der Waals surface area contributed by atoms with Crippen LogP contribution in [0.1, 0.15) is 60.9 Å². The predicted octanol–water partition coefficient (Wildman–Crippen LogP) is 5.14. The van der Waals surface area contributed by atoms with Gasteiger partial charge in [0.25, 0.3) is 0 Å². The number of carbonyl (C=O) groups is 1. The molecule has 1 aliphatic heterocycles. The van der Waals surface area contributed by atoms with E-state index >= 15 is 0 Å². The van der Waals surface area contributed by atoms with Crippen molar-refractivity contribution >= 4 is 23.5 Å². The van der Waals surface area contributed by atoms with Crippen molar-refractivity contribution in [2.24, 2.45) is 5.92 Å². The Morgan fingerprint density at radius 3 is 2.81 bits per heavy atom. The van der Waals surface area contributed by atoms with E-state index in [4.69, 9.17) is 5.10 Å². The topological polar surface area (TPSA) is 46.9 Å². The maximum Gasteiger partial charge on any atom is 0.225 e. The molecule has 138 valence electrons. The molecule has 0 radical (unpaired) electrons. The summed E-state index contributed by atoms with van der Waals surface area (Å²) in [6.45, 7) is 4.21. The zero-order chi connectivity index (χ0) is 18.1. The van der Waals surface area contributed by atoms with E-state index in [0.29, 0.717) is 12.3 Å². The first-order chi connectivity index (χ1) is 12.6. The van der Waals surface area contributed by atoms with Crippen LogP contribution in [0.5, 0.6) is 0 Å². The van der Waals surface area contributed by atoms with Crippen molar-refractivity contribution in [1.29, 1.82) is 0 Å². The normalized spacial score (nSPS) is 17.3. The summed E-state index contributed by atoms with van der Waals surface area (Å²) in [6.07, 6.45) is 6.88. The lowest BCUT2D eigenvalue weighted by atomic mass is 9.87. The van der Waals surface area contributed by atoms with Crippen molar-refractivity contribution in [3.05, 3.63) is 40.6 Å². The van der Waals surface area contributed by atoms with Crippen LogP contribution in [0.2, 0.25) is 0 Å². The number of nitrogens with one attached hydrogen (secondary N) is 1. The van der Waals surface area contributed by atoms with Crippen LogP contribution >= 0.6 is 11.8 Å². The van der Waals surface area contributed by atoms with Gasteiger partial charge in [-0.3, -0.25) is 4.79 Å². The van der Waals surface area contributed by atoms with Crippen LogP contribution in [0.4, 0.5) is 5.82 Å². The van der Waals surface area contributed by atoms with Gasteiger partial charge in [-0.05, 0) is 44.2 Å². The lowest BCUT2D eigenvalue weighted by molar-refractivity contribution is -0.117.